The number of hydrogen-bond acceptors (Lipinski definition) is 8. The Morgan fingerprint density at radius 1 is 1.11 bits per heavy atom. The molecule has 1 unspecified atom stereocenters. The molecule has 1 atom stereocenters. The van der Waals surface area contributed by atoms with Crippen molar-refractivity contribution >= 4 is 33.5 Å². The molecule has 10 heteroatoms. The first-order chi connectivity index (χ1) is 17.3. The number of anilines is 1. The van der Waals surface area contributed by atoms with Gasteiger partial charge in [0.05, 0.1) is 24.7 Å². The van der Waals surface area contributed by atoms with Crippen molar-refractivity contribution in [2.45, 2.75) is 26.7 Å². The molecule has 36 heavy (non-hydrogen) atoms. The Bertz CT molecular complexity index is 1250. The highest BCUT2D eigenvalue weighted by Crippen LogP contribution is 2.42. The van der Waals surface area contributed by atoms with Crippen LogP contribution in [-0.4, -0.2) is 31.7 Å². The maximum absolute atomic E-state index is 12.7. The van der Waals surface area contributed by atoms with Gasteiger partial charge in [-0.1, -0.05) is 22.0 Å². The quantitative estimate of drug-likeness (QED) is 0.431. The molecule has 0 radical (unpaired) electrons. The average Bonchev–Trinajstić information content (AvgIpc) is 2.84. The minimum Gasteiger partial charge on any atom is -0.490 e. The number of nitrogens with one attached hydrogen (secondary N) is 1. The van der Waals surface area contributed by atoms with Crippen molar-refractivity contribution in [3.8, 4) is 17.6 Å². The highest BCUT2D eigenvalue weighted by molar-refractivity contribution is 9.10. The molecular weight excluding hydrogens is 530 g/mol. The second-order valence-electron chi connectivity index (χ2n) is 7.60. The zero-order valence-corrected chi connectivity index (χ0v) is 21.7. The minimum absolute atomic E-state index is 0.0774. The molecule has 0 aromatic heterocycles. The molecule has 0 spiro atoms. The smallest absolute Gasteiger partial charge is 0.338 e. The molecule has 0 bridgehead atoms. The molecule has 0 saturated carbocycles. The first-order valence-electron chi connectivity index (χ1n) is 11.2. The van der Waals surface area contributed by atoms with Gasteiger partial charge in [-0.15, -0.1) is 0 Å². The number of nitrogens with zero attached hydrogens (tertiary/aromatic N) is 1. The number of benzene rings is 2. The van der Waals surface area contributed by atoms with Gasteiger partial charge >= 0.3 is 5.97 Å². The van der Waals surface area contributed by atoms with Crippen LogP contribution in [-0.2, 0) is 19.1 Å². The highest BCUT2D eigenvalue weighted by Gasteiger charge is 2.36. The van der Waals surface area contributed by atoms with Gasteiger partial charge in [0.15, 0.2) is 18.1 Å². The van der Waals surface area contributed by atoms with Crippen LogP contribution < -0.4 is 20.5 Å². The lowest BCUT2D eigenvalue weighted by Crippen LogP contribution is -2.25. The molecule has 3 rings (SSSR count). The Balaban J connectivity index is 1.88. The van der Waals surface area contributed by atoms with Crippen LogP contribution in [0.1, 0.15) is 32.3 Å². The van der Waals surface area contributed by atoms with Crippen LogP contribution in [0.3, 0.4) is 0 Å². The summed E-state index contributed by atoms with van der Waals surface area (Å²) in [5.41, 5.74) is 7.40. The van der Waals surface area contributed by atoms with Crippen molar-refractivity contribution in [1.29, 1.82) is 5.26 Å². The fourth-order valence-electron chi connectivity index (χ4n) is 3.65. The molecule has 1 aliphatic rings. The first kappa shape index (κ1) is 26.6. The molecule has 1 heterocycles. The average molecular weight is 556 g/mol. The van der Waals surface area contributed by atoms with E-state index < -0.39 is 11.9 Å². The first-order valence-corrected chi connectivity index (χ1v) is 12.0. The van der Waals surface area contributed by atoms with E-state index in [0.717, 1.165) is 4.47 Å². The summed E-state index contributed by atoms with van der Waals surface area (Å²) in [7, 11) is 0. The lowest BCUT2D eigenvalue weighted by atomic mass is 9.83. The number of carbonyl (C=O) groups excluding carboxylic acids is 2. The van der Waals surface area contributed by atoms with Crippen LogP contribution in [0.4, 0.5) is 5.69 Å². The van der Waals surface area contributed by atoms with Gasteiger partial charge in [-0.25, -0.2) is 4.79 Å². The SMILES string of the molecule is CCOC(=O)C1=C(C)OC(N)=C(C#N)C1c1ccc(OCC(=O)Nc2ccc(Br)cc2)c(OCC)c1. The van der Waals surface area contributed by atoms with Gasteiger partial charge in [-0.3, -0.25) is 4.79 Å². The summed E-state index contributed by atoms with van der Waals surface area (Å²) >= 11 is 3.35. The van der Waals surface area contributed by atoms with Crippen molar-refractivity contribution in [3.05, 3.63) is 75.3 Å². The number of rotatable bonds is 9. The molecule has 3 N–H and O–H groups in total. The van der Waals surface area contributed by atoms with Crippen molar-refractivity contribution < 1.29 is 28.5 Å². The zero-order valence-electron chi connectivity index (χ0n) is 20.1. The van der Waals surface area contributed by atoms with E-state index in [9.17, 15) is 14.9 Å². The number of carbonyl (C=O) groups is 2. The summed E-state index contributed by atoms with van der Waals surface area (Å²) in [6.45, 7) is 5.30. The van der Waals surface area contributed by atoms with Crippen molar-refractivity contribution in [3.63, 3.8) is 0 Å². The van der Waals surface area contributed by atoms with Crippen LogP contribution in [0.15, 0.2) is 69.7 Å². The molecule has 2 aromatic carbocycles. The fraction of sp³-hybridized carbons (Fsp3) is 0.269. The Labute approximate surface area is 217 Å². The molecule has 0 aliphatic carbocycles. The summed E-state index contributed by atoms with van der Waals surface area (Å²) in [5, 5.41) is 12.5. The monoisotopic (exact) mass is 555 g/mol. The highest BCUT2D eigenvalue weighted by atomic mass is 79.9. The predicted molar refractivity (Wildman–Crippen MR) is 136 cm³/mol. The largest absolute Gasteiger partial charge is 0.490 e. The van der Waals surface area contributed by atoms with Crippen LogP contribution in [0, 0.1) is 11.3 Å². The summed E-state index contributed by atoms with van der Waals surface area (Å²) < 4.78 is 23.0. The van der Waals surface area contributed by atoms with Crippen LogP contribution in [0.2, 0.25) is 0 Å². The lowest BCUT2D eigenvalue weighted by Gasteiger charge is -2.27. The molecule has 1 amide bonds. The van der Waals surface area contributed by atoms with E-state index in [-0.39, 0.29) is 41.9 Å². The maximum Gasteiger partial charge on any atom is 0.338 e. The molecular formula is C26H26BrN3O6. The second-order valence-corrected chi connectivity index (χ2v) is 8.51. The summed E-state index contributed by atoms with van der Waals surface area (Å²) in [5.74, 6) is -0.949. The second kappa shape index (κ2) is 12.1. The van der Waals surface area contributed by atoms with E-state index in [0.29, 0.717) is 29.4 Å². The molecule has 9 nitrogen and oxygen atoms in total. The van der Waals surface area contributed by atoms with E-state index in [2.05, 4.69) is 21.2 Å². The number of amides is 1. The summed E-state index contributed by atoms with van der Waals surface area (Å²) in [4.78, 5) is 25.1. The molecule has 2 aromatic rings. The maximum atomic E-state index is 12.7. The topological polar surface area (TPSA) is 133 Å². The van der Waals surface area contributed by atoms with Crippen molar-refractivity contribution in [2.24, 2.45) is 5.73 Å². The minimum atomic E-state index is -0.822. The van der Waals surface area contributed by atoms with E-state index >= 15 is 0 Å². The third-order valence-corrected chi connectivity index (χ3v) is 5.72. The van der Waals surface area contributed by atoms with Gasteiger partial charge in [0.1, 0.15) is 17.4 Å². The third-order valence-electron chi connectivity index (χ3n) is 5.19. The standard InChI is InChI=1S/C26H26BrN3O6/c1-4-33-21-12-16(24-19(13-28)25(29)36-15(3)23(24)26(32)34-5-2)6-11-20(21)35-14-22(31)30-18-9-7-17(27)8-10-18/h6-12,24H,4-5,14,29H2,1-3H3,(H,30,31). The summed E-state index contributed by atoms with van der Waals surface area (Å²) in [6, 6.07) is 14.1. The number of esters is 1. The zero-order chi connectivity index (χ0) is 26.2. The normalized spacial score (nSPS) is 15.0. The van der Waals surface area contributed by atoms with Gasteiger partial charge < -0.3 is 30.0 Å². The number of nitrogens with two attached hydrogens (primary N) is 1. The Kier molecular flexibility index (Phi) is 8.97. The Hall–Kier alpha value is -3.97. The number of allylic oxidation sites excluding steroid dienone is 2. The van der Waals surface area contributed by atoms with Crippen molar-refractivity contribution in [1.82, 2.24) is 0 Å². The predicted octanol–water partition coefficient (Wildman–Crippen LogP) is 4.51. The molecule has 1 aliphatic heterocycles. The fourth-order valence-corrected chi connectivity index (χ4v) is 3.92. The van der Waals surface area contributed by atoms with Crippen LogP contribution in [0.5, 0.6) is 11.5 Å². The number of hydrogen-bond donors (Lipinski definition) is 2. The van der Waals surface area contributed by atoms with E-state index in [1.165, 1.54) is 0 Å². The van der Waals surface area contributed by atoms with Gasteiger partial charge in [0, 0.05) is 10.2 Å². The number of halogens is 1. The molecule has 0 saturated heterocycles. The lowest BCUT2D eigenvalue weighted by molar-refractivity contribution is -0.139. The molecule has 188 valence electrons. The van der Waals surface area contributed by atoms with Gasteiger partial charge in [0.25, 0.3) is 5.91 Å². The third kappa shape index (κ3) is 6.17. The van der Waals surface area contributed by atoms with Crippen LogP contribution >= 0.6 is 15.9 Å². The van der Waals surface area contributed by atoms with Crippen LogP contribution in [0.25, 0.3) is 0 Å². The number of nitriles is 1. The van der Waals surface area contributed by atoms with E-state index in [4.69, 9.17) is 24.7 Å². The summed E-state index contributed by atoms with van der Waals surface area (Å²) in [6.07, 6.45) is 0. The van der Waals surface area contributed by atoms with E-state index in [1.54, 1.807) is 51.1 Å². The van der Waals surface area contributed by atoms with Gasteiger partial charge in [-0.05, 0) is 62.7 Å². The van der Waals surface area contributed by atoms with Gasteiger partial charge in [-0.2, -0.15) is 5.26 Å². The number of ether oxygens (including phenoxy) is 4. The molecule has 0 fully saturated rings. The van der Waals surface area contributed by atoms with Crippen molar-refractivity contribution in [2.75, 3.05) is 25.1 Å². The Morgan fingerprint density at radius 3 is 2.47 bits per heavy atom. The Morgan fingerprint density at radius 2 is 1.83 bits per heavy atom. The van der Waals surface area contributed by atoms with E-state index in [1.807, 2.05) is 18.2 Å². The van der Waals surface area contributed by atoms with Gasteiger partial charge in [0.2, 0.25) is 5.88 Å².